The largest absolute Gasteiger partial charge is 0.493 e. The molecule has 2 N–H and O–H groups in total. The van der Waals surface area contributed by atoms with Gasteiger partial charge in [0.1, 0.15) is 11.6 Å². The molecular formula is C17H17ClFNO. The topological polar surface area (TPSA) is 35.2 Å². The highest BCUT2D eigenvalue weighted by Crippen LogP contribution is 2.37. The molecule has 3 rings (SSSR count). The van der Waals surface area contributed by atoms with Crippen LogP contribution in [0.2, 0.25) is 5.02 Å². The Morgan fingerprint density at radius 1 is 1.24 bits per heavy atom. The number of rotatable bonds is 3. The Morgan fingerprint density at radius 2 is 2.05 bits per heavy atom. The average molecular weight is 306 g/mol. The summed E-state index contributed by atoms with van der Waals surface area (Å²) in [5, 5.41) is 0.446. The Labute approximate surface area is 128 Å². The fourth-order valence-electron chi connectivity index (χ4n) is 2.86. The fraction of sp³-hybridized carbons (Fsp3) is 0.294. The molecule has 2 aromatic rings. The normalized spacial score (nSPS) is 20.7. The number of hydrogen-bond acceptors (Lipinski definition) is 2. The molecule has 1 heterocycles. The summed E-state index contributed by atoms with van der Waals surface area (Å²) >= 11 is 6.15. The van der Waals surface area contributed by atoms with E-state index < -0.39 is 0 Å². The van der Waals surface area contributed by atoms with Crippen LogP contribution in [0.25, 0.3) is 0 Å². The Kier molecular flexibility index (Phi) is 3.87. The first-order chi connectivity index (χ1) is 10.1. The van der Waals surface area contributed by atoms with E-state index in [9.17, 15) is 4.39 Å². The maximum absolute atomic E-state index is 13.2. The minimum absolute atomic E-state index is 0.199. The third kappa shape index (κ3) is 2.89. The smallest absolute Gasteiger partial charge is 0.124 e. The minimum atomic E-state index is -0.323. The van der Waals surface area contributed by atoms with Gasteiger partial charge in [0.15, 0.2) is 0 Å². The Morgan fingerprint density at radius 3 is 2.81 bits per heavy atom. The molecule has 110 valence electrons. The molecule has 2 aromatic carbocycles. The average Bonchev–Trinajstić information content (AvgIpc) is 2.50. The summed E-state index contributed by atoms with van der Waals surface area (Å²) in [6, 6.07) is 12.5. The quantitative estimate of drug-likeness (QED) is 0.940. The standard InChI is InChI=1S/C17H17ClFNO/c18-15-7-14(19)6-5-12(15)8-17(10-20)9-13-3-1-2-4-16(13)21-11-17/h1-7H,8-11,20H2. The van der Waals surface area contributed by atoms with Crippen LogP contribution in [-0.4, -0.2) is 13.2 Å². The summed E-state index contributed by atoms with van der Waals surface area (Å²) in [5.74, 6) is 0.600. The van der Waals surface area contributed by atoms with Gasteiger partial charge in [-0.15, -0.1) is 0 Å². The number of ether oxygens (including phenoxy) is 1. The van der Waals surface area contributed by atoms with Gasteiger partial charge < -0.3 is 10.5 Å². The van der Waals surface area contributed by atoms with E-state index in [1.54, 1.807) is 6.07 Å². The van der Waals surface area contributed by atoms with Crippen LogP contribution in [0, 0.1) is 11.2 Å². The van der Waals surface area contributed by atoms with Crippen LogP contribution in [-0.2, 0) is 12.8 Å². The van der Waals surface area contributed by atoms with Crippen LogP contribution in [0.5, 0.6) is 5.75 Å². The number of para-hydroxylation sites is 1. The van der Waals surface area contributed by atoms with Crippen molar-refractivity contribution in [2.75, 3.05) is 13.2 Å². The Hall–Kier alpha value is -1.58. The lowest BCUT2D eigenvalue weighted by atomic mass is 9.75. The van der Waals surface area contributed by atoms with E-state index in [1.807, 2.05) is 18.2 Å². The molecule has 0 amide bonds. The van der Waals surface area contributed by atoms with E-state index in [0.29, 0.717) is 24.6 Å². The van der Waals surface area contributed by atoms with Crippen LogP contribution in [0.4, 0.5) is 4.39 Å². The number of halogens is 2. The molecule has 2 nitrogen and oxygen atoms in total. The summed E-state index contributed by atoms with van der Waals surface area (Å²) in [4.78, 5) is 0. The van der Waals surface area contributed by atoms with Gasteiger partial charge >= 0.3 is 0 Å². The second kappa shape index (κ2) is 5.66. The van der Waals surface area contributed by atoms with Gasteiger partial charge in [-0.2, -0.15) is 0 Å². The van der Waals surface area contributed by atoms with Crippen molar-refractivity contribution >= 4 is 11.6 Å². The van der Waals surface area contributed by atoms with E-state index in [0.717, 1.165) is 23.3 Å². The van der Waals surface area contributed by atoms with E-state index in [4.69, 9.17) is 22.1 Å². The molecule has 0 bridgehead atoms. The molecule has 0 spiro atoms. The van der Waals surface area contributed by atoms with Crippen LogP contribution in [0.15, 0.2) is 42.5 Å². The summed E-state index contributed by atoms with van der Waals surface area (Å²) in [6.07, 6.45) is 1.52. The van der Waals surface area contributed by atoms with Gasteiger partial charge in [-0.3, -0.25) is 0 Å². The zero-order valence-electron chi connectivity index (χ0n) is 11.6. The highest BCUT2D eigenvalue weighted by molar-refractivity contribution is 6.31. The van der Waals surface area contributed by atoms with Gasteiger partial charge in [0.05, 0.1) is 6.61 Å². The molecule has 0 saturated heterocycles. The van der Waals surface area contributed by atoms with Crippen molar-refractivity contribution in [1.29, 1.82) is 0 Å². The van der Waals surface area contributed by atoms with Crippen molar-refractivity contribution in [3.05, 3.63) is 64.4 Å². The van der Waals surface area contributed by atoms with Crippen molar-refractivity contribution in [3.63, 3.8) is 0 Å². The van der Waals surface area contributed by atoms with E-state index in [1.165, 1.54) is 12.1 Å². The predicted molar refractivity (Wildman–Crippen MR) is 82.2 cm³/mol. The first-order valence-corrected chi connectivity index (χ1v) is 7.34. The lowest BCUT2D eigenvalue weighted by Gasteiger charge is -2.37. The molecule has 0 fully saturated rings. The van der Waals surface area contributed by atoms with Crippen molar-refractivity contribution in [2.24, 2.45) is 11.1 Å². The molecule has 0 saturated carbocycles. The predicted octanol–water partition coefficient (Wildman–Crippen LogP) is 3.60. The second-order valence-electron chi connectivity index (χ2n) is 5.69. The van der Waals surface area contributed by atoms with Crippen LogP contribution in [0.3, 0.4) is 0 Å². The van der Waals surface area contributed by atoms with Crippen molar-refractivity contribution in [2.45, 2.75) is 12.8 Å². The highest BCUT2D eigenvalue weighted by Gasteiger charge is 2.35. The number of nitrogens with two attached hydrogens (primary N) is 1. The highest BCUT2D eigenvalue weighted by atomic mass is 35.5. The van der Waals surface area contributed by atoms with Crippen molar-refractivity contribution in [3.8, 4) is 5.75 Å². The zero-order valence-corrected chi connectivity index (χ0v) is 12.4. The molecule has 1 atom stereocenters. The van der Waals surface area contributed by atoms with Crippen LogP contribution < -0.4 is 10.5 Å². The molecule has 4 heteroatoms. The molecular weight excluding hydrogens is 289 g/mol. The molecule has 21 heavy (non-hydrogen) atoms. The third-order valence-corrected chi connectivity index (χ3v) is 4.44. The minimum Gasteiger partial charge on any atom is -0.493 e. The van der Waals surface area contributed by atoms with Crippen LogP contribution in [0.1, 0.15) is 11.1 Å². The first kappa shape index (κ1) is 14.4. The summed E-state index contributed by atoms with van der Waals surface area (Å²) in [7, 11) is 0. The lowest BCUT2D eigenvalue weighted by molar-refractivity contribution is 0.126. The third-order valence-electron chi connectivity index (χ3n) is 4.09. The molecule has 0 aliphatic carbocycles. The zero-order chi connectivity index (χ0) is 14.9. The van der Waals surface area contributed by atoms with Gasteiger partial charge in [-0.25, -0.2) is 4.39 Å². The Balaban J connectivity index is 1.88. The number of fused-ring (bicyclic) bond motifs is 1. The maximum atomic E-state index is 13.2. The first-order valence-electron chi connectivity index (χ1n) is 6.97. The van der Waals surface area contributed by atoms with Gasteiger partial charge in [0.2, 0.25) is 0 Å². The molecule has 0 aromatic heterocycles. The van der Waals surface area contributed by atoms with Gasteiger partial charge in [-0.05, 0) is 42.2 Å². The summed E-state index contributed by atoms with van der Waals surface area (Å²) in [6.45, 7) is 1.04. The molecule has 1 aliphatic heterocycles. The number of hydrogen-bond donors (Lipinski definition) is 1. The Bertz CT molecular complexity index is 661. The monoisotopic (exact) mass is 305 g/mol. The summed E-state index contributed by atoms with van der Waals surface area (Å²) < 4.78 is 19.0. The summed E-state index contributed by atoms with van der Waals surface area (Å²) in [5.41, 5.74) is 7.90. The van der Waals surface area contributed by atoms with E-state index in [2.05, 4.69) is 6.07 Å². The van der Waals surface area contributed by atoms with Gasteiger partial charge in [-0.1, -0.05) is 35.9 Å². The number of benzene rings is 2. The SMILES string of the molecule is NCC1(Cc2ccc(F)cc2Cl)COc2ccccc2C1. The van der Waals surface area contributed by atoms with E-state index in [-0.39, 0.29) is 11.2 Å². The fourth-order valence-corrected chi connectivity index (χ4v) is 3.10. The lowest BCUT2D eigenvalue weighted by Crippen LogP contribution is -2.43. The van der Waals surface area contributed by atoms with Crippen LogP contribution >= 0.6 is 11.6 Å². The van der Waals surface area contributed by atoms with Crippen molar-refractivity contribution in [1.82, 2.24) is 0 Å². The van der Waals surface area contributed by atoms with Gasteiger partial charge in [0, 0.05) is 17.0 Å². The molecule has 1 aliphatic rings. The van der Waals surface area contributed by atoms with Crippen molar-refractivity contribution < 1.29 is 9.13 Å². The second-order valence-corrected chi connectivity index (χ2v) is 6.10. The molecule has 0 radical (unpaired) electrons. The molecule has 1 unspecified atom stereocenters. The van der Waals surface area contributed by atoms with E-state index >= 15 is 0 Å². The maximum Gasteiger partial charge on any atom is 0.124 e. The van der Waals surface area contributed by atoms with Gasteiger partial charge in [0.25, 0.3) is 0 Å².